The van der Waals surface area contributed by atoms with Crippen molar-refractivity contribution >= 4 is 0 Å². The summed E-state index contributed by atoms with van der Waals surface area (Å²) in [4.78, 5) is 4.52. The molecular formula is C17H30N4. The van der Waals surface area contributed by atoms with Gasteiger partial charge in [-0.25, -0.2) is 9.67 Å². The molecule has 0 radical (unpaired) electrons. The Balaban J connectivity index is 1.69. The predicted octanol–water partition coefficient (Wildman–Crippen LogP) is 3.21. The van der Waals surface area contributed by atoms with Crippen molar-refractivity contribution in [1.82, 2.24) is 20.1 Å². The maximum Gasteiger partial charge on any atom is 0.138 e. The molecule has 0 amide bonds. The molecule has 1 N–H and O–H groups in total. The van der Waals surface area contributed by atoms with Gasteiger partial charge in [0.15, 0.2) is 0 Å². The Bertz CT molecular complexity index is 441. The second kappa shape index (κ2) is 6.47. The maximum atomic E-state index is 4.52. The van der Waals surface area contributed by atoms with E-state index in [1.54, 1.807) is 6.33 Å². The molecular weight excluding hydrogens is 260 g/mol. The molecule has 0 spiro atoms. The second-order valence-electron chi connectivity index (χ2n) is 7.17. The summed E-state index contributed by atoms with van der Waals surface area (Å²) in [5, 5.41) is 8.21. The summed E-state index contributed by atoms with van der Waals surface area (Å²) in [6.45, 7) is 7.74. The molecule has 3 atom stereocenters. The molecule has 4 nitrogen and oxygen atoms in total. The fourth-order valence-electron chi connectivity index (χ4n) is 4.37. The topological polar surface area (TPSA) is 42.7 Å². The minimum atomic E-state index is 0.399. The van der Waals surface area contributed by atoms with Gasteiger partial charge in [-0.2, -0.15) is 5.10 Å². The fraction of sp³-hybridized carbons (Fsp3) is 0.882. The Morgan fingerprint density at radius 3 is 2.62 bits per heavy atom. The van der Waals surface area contributed by atoms with E-state index < -0.39 is 0 Å². The number of hydrogen-bond acceptors (Lipinski definition) is 3. The molecule has 1 heterocycles. The van der Waals surface area contributed by atoms with Gasteiger partial charge < -0.3 is 5.32 Å². The molecule has 0 bridgehead atoms. The van der Waals surface area contributed by atoms with Gasteiger partial charge in [0.25, 0.3) is 0 Å². The Hall–Kier alpha value is -0.900. The molecule has 2 aliphatic rings. The Morgan fingerprint density at radius 1 is 1.29 bits per heavy atom. The van der Waals surface area contributed by atoms with Crippen molar-refractivity contribution in [3.05, 3.63) is 12.2 Å². The lowest BCUT2D eigenvalue weighted by molar-refractivity contribution is 0.402. The van der Waals surface area contributed by atoms with Crippen LogP contribution in [0.15, 0.2) is 6.33 Å². The SMILES string of the molecule is CCCNC(Cc1ncnn1C(C)C)C1C2CCCCC21. The zero-order valence-corrected chi connectivity index (χ0v) is 13.8. The van der Waals surface area contributed by atoms with Gasteiger partial charge in [-0.1, -0.05) is 19.8 Å². The van der Waals surface area contributed by atoms with Gasteiger partial charge in [-0.3, -0.25) is 0 Å². The molecule has 3 unspecified atom stereocenters. The average molecular weight is 290 g/mol. The van der Waals surface area contributed by atoms with Crippen LogP contribution in [0.25, 0.3) is 0 Å². The van der Waals surface area contributed by atoms with E-state index in [9.17, 15) is 0 Å². The highest BCUT2D eigenvalue weighted by atomic mass is 15.3. The normalized spacial score (nSPS) is 29.4. The number of nitrogens with zero attached hydrogens (tertiary/aromatic N) is 3. The average Bonchev–Trinajstić information content (AvgIpc) is 3.01. The summed E-state index contributed by atoms with van der Waals surface area (Å²) >= 11 is 0. The van der Waals surface area contributed by atoms with Crippen LogP contribution < -0.4 is 5.32 Å². The van der Waals surface area contributed by atoms with Gasteiger partial charge in [0.1, 0.15) is 12.2 Å². The maximum absolute atomic E-state index is 4.52. The van der Waals surface area contributed by atoms with E-state index in [1.807, 2.05) is 0 Å². The second-order valence-corrected chi connectivity index (χ2v) is 7.17. The van der Waals surface area contributed by atoms with Crippen LogP contribution in [-0.4, -0.2) is 27.4 Å². The molecule has 1 aromatic heterocycles. The van der Waals surface area contributed by atoms with E-state index in [2.05, 4.69) is 40.9 Å². The number of rotatable bonds is 7. The molecule has 2 saturated carbocycles. The summed E-state index contributed by atoms with van der Waals surface area (Å²) in [5.74, 6) is 4.02. The van der Waals surface area contributed by atoms with E-state index in [0.717, 1.165) is 36.5 Å². The summed E-state index contributed by atoms with van der Waals surface area (Å²) in [6.07, 6.45) is 9.76. The zero-order chi connectivity index (χ0) is 14.8. The van der Waals surface area contributed by atoms with Crippen molar-refractivity contribution in [3.8, 4) is 0 Å². The number of nitrogens with one attached hydrogen (secondary N) is 1. The molecule has 2 aliphatic carbocycles. The van der Waals surface area contributed by atoms with Gasteiger partial charge in [0, 0.05) is 18.5 Å². The molecule has 0 aliphatic heterocycles. The first-order chi connectivity index (χ1) is 10.2. The van der Waals surface area contributed by atoms with Gasteiger partial charge in [0.2, 0.25) is 0 Å². The highest BCUT2D eigenvalue weighted by molar-refractivity contribution is 5.07. The number of fused-ring (bicyclic) bond motifs is 1. The van der Waals surface area contributed by atoms with E-state index in [-0.39, 0.29) is 0 Å². The third-order valence-electron chi connectivity index (χ3n) is 5.38. The summed E-state index contributed by atoms with van der Waals surface area (Å²) in [7, 11) is 0. The van der Waals surface area contributed by atoms with Gasteiger partial charge >= 0.3 is 0 Å². The minimum Gasteiger partial charge on any atom is -0.313 e. The van der Waals surface area contributed by atoms with Crippen LogP contribution in [0.4, 0.5) is 0 Å². The van der Waals surface area contributed by atoms with E-state index in [4.69, 9.17) is 0 Å². The Morgan fingerprint density at radius 2 is 2.00 bits per heavy atom. The van der Waals surface area contributed by atoms with Crippen LogP contribution in [0.2, 0.25) is 0 Å². The molecule has 0 aromatic carbocycles. The largest absolute Gasteiger partial charge is 0.313 e. The number of hydrogen-bond donors (Lipinski definition) is 1. The van der Waals surface area contributed by atoms with Crippen LogP contribution in [-0.2, 0) is 6.42 Å². The highest BCUT2D eigenvalue weighted by Crippen LogP contribution is 2.57. The quantitative estimate of drug-likeness (QED) is 0.838. The molecule has 21 heavy (non-hydrogen) atoms. The first kappa shape index (κ1) is 15.0. The van der Waals surface area contributed by atoms with Crippen LogP contribution in [0.3, 0.4) is 0 Å². The van der Waals surface area contributed by atoms with E-state index in [1.165, 1.54) is 32.1 Å². The van der Waals surface area contributed by atoms with E-state index >= 15 is 0 Å². The van der Waals surface area contributed by atoms with Crippen LogP contribution in [0.1, 0.15) is 64.7 Å². The smallest absolute Gasteiger partial charge is 0.138 e. The van der Waals surface area contributed by atoms with Gasteiger partial charge in [-0.15, -0.1) is 0 Å². The fourth-order valence-corrected chi connectivity index (χ4v) is 4.37. The molecule has 3 rings (SSSR count). The first-order valence-electron chi connectivity index (χ1n) is 8.84. The van der Waals surface area contributed by atoms with Crippen molar-refractivity contribution in [2.45, 2.75) is 71.4 Å². The summed E-state index contributed by atoms with van der Waals surface area (Å²) in [5.41, 5.74) is 0. The van der Waals surface area contributed by atoms with Crippen LogP contribution in [0, 0.1) is 17.8 Å². The Kier molecular flexibility index (Phi) is 4.63. The third kappa shape index (κ3) is 3.15. The van der Waals surface area contributed by atoms with Crippen molar-refractivity contribution in [2.75, 3.05) is 6.54 Å². The van der Waals surface area contributed by atoms with Gasteiger partial charge in [0.05, 0.1) is 0 Å². The lowest BCUT2D eigenvalue weighted by Gasteiger charge is -2.20. The minimum absolute atomic E-state index is 0.399. The Labute approximate surface area is 128 Å². The highest BCUT2D eigenvalue weighted by Gasteiger charge is 2.53. The zero-order valence-electron chi connectivity index (χ0n) is 13.8. The number of aromatic nitrogens is 3. The van der Waals surface area contributed by atoms with Gasteiger partial charge in [-0.05, 0) is 57.4 Å². The van der Waals surface area contributed by atoms with Crippen molar-refractivity contribution in [2.24, 2.45) is 17.8 Å². The molecule has 4 heteroatoms. The molecule has 0 saturated heterocycles. The lowest BCUT2D eigenvalue weighted by Crippen LogP contribution is -2.36. The monoisotopic (exact) mass is 290 g/mol. The van der Waals surface area contributed by atoms with Crippen LogP contribution in [0.5, 0.6) is 0 Å². The van der Waals surface area contributed by atoms with Crippen molar-refractivity contribution < 1.29 is 0 Å². The van der Waals surface area contributed by atoms with E-state index in [0.29, 0.717) is 12.1 Å². The first-order valence-corrected chi connectivity index (χ1v) is 8.84. The summed E-state index contributed by atoms with van der Waals surface area (Å²) < 4.78 is 2.09. The summed E-state index contributed by atoms with van der Waals surface area (Å²) in [6, 6.07) is 0.996. The van der Waals surface area contributed by atoms with Crippen molar-refractivity contribution in [3.63, 3.8) is 0 Å². The lowest BCUT2D eigenvalue weighted by atomic mass is 10.0. The van der Waals surface area contributed by atoms with Crippen molar-refractivity contribution in [1.29, 1.82) is 0 Å². The molecule has 1 aromatic rings. The molecule has 118 valence electrons. The third-order valence-corrected chi connectivity index (χ3v) is 5.38. The molecule has 2 fully saturated rings. The predicted molar refractivity (Wildman–Crippen MR) is 85.1 cm³/mol. The standard InChI is InChI=1S/C17H30N4/c1-4-9-18-15(17-13-7-5-6-8-14(13)17)10-16-19-11-20-21(16)12(2)3/h11-15,17-18H,4-10H2,1-3H3. The van der Waals surface area contributed by atoms with Crippen LogP contribution >= 0.6 is 0 Å².